The molecule has 0 bridgehead atoms. The van der Waals surface area contributed by atoms with Gasteiger partial charge in [0.1, 0.15) is 11.7 Å². The number of allylic oxidation sites excluding steroid dienone is 2. The van der Waals surface area contributed by atoms with E-state index in [-0.39, 0.29) is 11.5 Å². The first-order chi connectivity index (χ1) is 30.5. The molecule has 4 heterocycles. The second-order valence-corrected chi connectivity index (χ2v) is 17.5. The summed E-state index contributed by atoms with van der Waals surface area (Å²) in [7, 11) is 0. The van der Waals surface area contributed by atoms with Crippen LogP contribution in [0.15, 0.2) is 200 Å². The van der Waals surface area contributed by atoms with Crippen LogP contribution in [0.4, 0.5) is 17.1 Å². The Morgan fingerprint density at radius 1 is 0.581 bits per heavy atom. The standard InChI is InChI=1S/C57H42N5/c1-57(2)47-20-10-6-16-41(47)42-30-28-39(34-48(42)57)61(40-29-32-51-43-17-7-12-22-50(43)59-60(51)35-40)38-26-24-36(25-27-38)56-46-31-33-53-55(54(46)44-18-8-11-21-49(44)58-56)45-19-9-13-23-52(45)62(53)37-14-4-3-5-15-37/h3-35,43,50,59H,1-2H3/q+1. The number of hydrogen-bond acceptors (Lipinski definition) is 3. The fourth-order valence-corrected chi connectivity index (χ4v) is 10.8. The summed E-state index contributed by atoms with van der Waals surface area (Å²) >= 11 is 0. The highest BCUT2D eigenvalue weighted by molar-refractivity contribution is 6.29. The number of benzene rings is 7. The molecular weight excluding hydrogens is 755 g/mol. The monoisotopic (exact) mass is 796 g/mol. The Morgan fingerprint density at radius 2 is 1.31 bits per heavy atom. The maximum atomic E-state index is 5.42. The van der Waals surface area contributed by atoms with Gasteiger partial charge in [-0.15, -0.1) is 0 Å². The maximum absolute atomic E-state index is 5.42. The van der Waals surface area contributed by atoms with Crippen molar-refractivity contribution in [3.05, 3.63) is 217 Å². The van der Waals surface area contributed by atoms with Gasteiger partial charge in [-0.05, 0) is 82.9 Å². The van der Waals surface area contributed by atoms with Crippen molar-refractivity contribution in [2.75, 3.05) is 10.3 Å². The Bertz CT molecular complexity index is 3540. The van der Waals surface area contributed by atoms with Crippen molar-refractivity contribution < 1.29 is 4.68 Å². The summed E-state index contributed by atoms with van der Waals surface area (Å²) in [5, 5.41) is 6.02. The zero-order valence-electron chi connectivity index (χ0n) is 34.5. The first-order valence-corrected chi connectivity index (χ1v) is 21.6. The van der Waals surface area contributed by atoms with E-state index in [4.69, 9.17) is 4.98 Å². The second kappa shape index (κ2) is 13.1. The van der Waals surface area contributed by atoms with Crippen molar-refractivity contribution in [3.8, 4) is 28.1 Å². The van der Waals surface area contributed by atoms with Gasteiger partial charge >= 0.3 is 0 Å². The van der Waals surface area contributed by atoms with Gasteiger partial charge in [0.15, 0.2) is 0 Å². The topological polar surface area (TPSA) is 37.0 Å². The lowest BCUT2D eigenvalue weighted by Crippen LogP contribution is -2.45. The Morgan fingerprint density at radius 3 is 2.19 bits per heavy atom. The number of para-hydroxylation sites is 3. The van der Waals surface area contributed by atoms with Crippen LogP contribution in [-0.2, 0) is 5.41 Å². The van der Waals surface area contributed by atoms with Crippen molar-refractivity contribution >= 4 is 60.5 Å². The predicted molar refractivity (Wildman–Crippen MR) is 256 cm³/mol. The molecule has 3 aliphatic rings. The Balaban J connectivity index is 0.988. The van der Waals surface area contributed by atoms with Crippen LogP contribution in [-0.4, -0.2) is 15.6 Å². The quantitative estimate of drug-likeness (QED) is 0.139. The second-order valence-electron chi connectivity index (χ2n) is 17.5. The van der Waals surface area contributed by atoms with Gasteiger partial charge in [0.2, 0.25) is 11.9 Å². The van der Waals surface area contributed by atoms with Crippen LogP contribution in [0.3, 0.4) is 0 Å². The molecular formula is C57H42N5+. The lowest BCUT2D eigenvalue weighted by atomic mass is 9.82. The number of nitrogens with zero attached hydrogens (tertiary/aromatic N) is 4. The van der Waals surface area contributed by atoms with E-state index in [9.17, 15) is 0 Å². The summed E-state index contributed by atoms with van der Waals surface area (Å²) in [6.07, 6.45) is 11.1. The SMILES string of the molecule is CC1(C)c2ccccc2-c2ccc(N(c3ccc(-c4nc5ccccc5c5c4ccc4c5c5ccccc5n4-c4ccccc4)cc3)c3ccc4[n+](c3)NC3C=CC=CC43)cc21. The summed E-state index contributed by atoms with van der Waals surface area (Å²) in [6.45, 7) is 4.71. The van der Waals surface area contributed by atoms with Crippen molar-refractivity contribution in [1.82, 2.24) is 9.55 Å². The molecule has 294 valence electrons. The zero-order chi connectivity index (χ0) is 41.1. The Hall–Kier alpha value is -7.76. The average Bonchev–Trinajstić information content (AvgIpc) is 3.94. The third kappa shape index (κ3) is 5.02. The minimum absolute atomic E-state index is 0.123. The number of rotatable bonds is 5. The Kier molecular flexibility index (Phi) is 7.41. The third-order valence-corrected chi connectivity index (χ3v) is 13.7. The molecule has 10 aromatic rings. The van der Waals surface area contributed by atoms with Crippen molar-refractivity contribution in [3.63, 3.8) is 0 Å². The van der Waals surface area contributed by atoms with Gasteiger partial charge < -0.3 is 9.47 Å². The van der Waals surface area contributed by atoms with E-state index in [1.54, 1.807) is 0 Å². The molecule has 3 aromatic heterocycles. The van der Waals surface area contributed by atoms with Gasteiger partial charge in [-0.2, -0.15) is 5.43 Å². The predicted octanol–water partition coefficient (Wildman–Crippen LogP) is 13.4. The molecule has 0 spiro atoms. The molecule has 2 unspecified atom stereocenters. The number of fused-ring (bicyclic) bond motifs is 13. The number of anilines is 3. The highest BCUT2D eigenvalue weighted by Crippen LogP contribution is 2.51. The number of nitrogens with one attached hydrogen (secondary N) is 1. The molecule has 13 rings (SSSR count). The van der Waals surface area contributed by atoms with Crippen LogP contribution in [0.25, 0.3) is 71.6 Å². The van der Waals surface area contributed by atoms with Crippen molar-refractivity contribution in [2.24, 2.45) is 0 Å². The lowest BCUT2D eigenvalue weighted by Gasteiger charge is -2.27. The number of pyridine rings is 2. The third-order valence-electron chi connectivity index (χ3n) is 13.7. The van der Waals surface area contributed by atoms with Crippen molar-refractivity contribution in [1.29, 1.82) is 0 Å². The molecule has 2 aliphatic carbocycles. The maximum Gasteiger partial charge on any atom is 0.223 e. The van der Waals surface area contributed by atoms with Crippen LogP contribution in [0.5, 0.6) is 0 Å². The van der Waals surface area contributed by atoms with E-state index < -0.39 is 0 Å². The molecule has 0 saturated heterocycles. The van der Waals surface area contributed by atoms with E-state index in [1.807, 2.05) is 0 Å². The van der Waals surface area contributed by atoms with Crippen LogP contribution in [0.1, 0.15) is 36.6 Å². The van der Waals surface area contributed by atoms with E-state index in [0.717, 1.165) is 50.3 Å². The molecule has 62 heavy (non-hydrogen) atoms. The molecule has 7 aromatic carbocycles. The summed E-state index contributed by atoms with van der Waals surface area (Å²) in [5.74, 6) is 0.307. The highest BCUT2D eigenvalue weighted by Gasteiger charge is 2.39. The zero-order valence-corrected chi connectivity index (χ0v) is 34.5. The van der Waals surface area contributed by atoms with Crippen LogP contribution in [0, 0.1) is 0 Å². The summed E-state index contributed by atoms with van der Waals surface area (Å²) < 4.78 is 4.62. The fraction of sp³-hybridized carbons (Fsp3) is 0.0877. The largest absolute Gasteiger partial charge is 0.309 e. The molecule has 0 amide bonds. The summed E-state index contributed by atoms with van der Waals surface area (Å²) in [6, 6.07) is 62.4. The van der Waals surface area contributed by atoms with E-state index in [2.05, 4.69) is 234 Å². The molecule has 0 radical (unpaired) electrons. The lowest BCUT2D eigenvalue weighted by molar-refractivity contribution is -0.647. The van der Waals surface area contributed by atoms with Crippen LogP contribution >= 0.6 is 0 Å². The minimum atomic E-state index is -0.123. The van der Waals surface area contributed by atoms with Gasteiger partial charge in [0, 0.05) is 61.0 Å². The first-order valence-electron chi connectivity index (χ1n) is 21.6. The smallest absolute Gasteiger partial charge is 0.223 e. The van der Waals surface area contributed by atoms with E-state index in [1.165, 1.54) is 55.1 Å². The molecule has 0 fully saturated rings. The van der Waals surface area contributed by atoms with Crippen molar-refractivity contribution in [2.45, 2.75) is 31.2 Å². The highest BCUT2D eigenvalue weighted by atomic mass is 15.5. The molecule has 5 heteroatoms. The van der Waals surface area contributed by atoms with Gasteiger partial charge in [-0.3, -0.25) is 0 Å². The summed E-state index contributed by atoms with van der Waals surface area (Å²) in [5.41, 5.74) is 20.1. The molecule has 1 N–H and O–H groups in total. The van der Waals surface area contributed by atoms with Gasteiger partial charge in [-0.25, -0.2) is 4.98 Å². The number of aromatic nitrogens is 3. The van der Waals surface area contributed by atoms with Crippen LogP contribution in [0.2, 0.25) is 0 Å². The van der Waals surface area contributed by atoms with Crippen LogP contribution < -0.4 is 15.0 Å². The molecule has 2 atom stereocenters. The van der Waals surface area contributed by atoms with Gasteiger partial charge in [-0.1, -0.05) is 146 Å². The van der Waals surface area contributed by atoms with Gasteiger partial charge in [0.25, 0.3) is 0 Å². The normalized spacial score (nSPS) is 16.7. The molecule has 1 aliphatic heterocycles. The minimum Gasteiger partial charge on any atom is -0.309 e. The van der Waals surface area contributed by atoms with Gasteiger partial charge in [0.05, 0.1) is 28.2 Å². The average molecular weight is 797 g/mol. The molecule has 5 nitrogen and oxygen atoms in total. The molecule has 0 saturated carbocycles. The number of hydrogen-bond donors (Lipinski definition) is 1. The first kappa shape index (κ1) is 35.0. The van der Waals surface area contributed by atoms with E-state index in [0.29, 0.717) is 5.92 Å². The van der Waals surface area contributed by atoms with E-state index >= 15 is 0 Å². The summed E-state index contributed by atoms with van der Waals surface area (Å²) in [4.78, 5) is 7.83. The Labute approximate surface area is 360 Å². The fourth-order valence-electron chi connectivity index (χ4n) is 10.8.